The van der Waals surface area contributed by atoms with Gasteiger partial charge in [0.1, 0.15) is 18.0 Å². The fourth-order valence-corrected chi connectivity index (χ4v) is 5.37. The summed E-state index contributed by atoms with van der Waals surface area (Å²) < 4.78 is 49.7. The summed E-state index contributed by atoms with van der Waals surface area (Å²) >= 11 is 6.20. The van der Waals surface area contributed by atoms with Crippen molar-refractivity contribution in [3.63, 3.8) is 0 Å². The Morgan fingerprint density at radius 1 is 0.842 bits per heavy atom. The Morgan fingerprint density at radius 3 is 2.13 bits per heavy atom. The molecule has 3 aromatic carbocycles. The van der Waals surface area contributed by atoms with Crippen LogP contribution in [-0.4, -0.2) is 55.9 Å². The van der Waals surface area contributed by atoms with Crippen molar-refractivity contribution in [3.05, 3.63) is 71.2 Å². The molecular weight excluding hydrogens is 532 g/mol. The molecule has 0 saturated carbocycles. The lowest BCUT2D eigenvalue weighted by Crippen LogP contribution is -2.41. The smallest absolute Gasteiger partial charge is 0.265 e. The summed E-state index contributed by atoms with van der Waals surface area (Å²) in [7, 11) is 1.63. The summed E-state index contributed by atoms with van der Waals surface area (Å²) in [6.45, 7) is -0.127. The van der Waals surface area contributed by atoms with E-state index in [9.17, 15) is 13.2 Å². The summed E-state index contributed by atoms with van der Waals surface area (Å²) in [5.41, 5.74) is 1.23. The van der Waals surface area contributed by atoms with Gasteiger partial charge in [0.15, 0.2) is 11.5 Å². The standard InChI is InChI=1S/C27H31ClN2O7S/c1-34-21-10-7-19(8-11-21)6-5-15-29-27(31)18-30(23-16-20(28)9-13-24(23)35-2)38(32,33)22-12-14-25(36-3)26(17-22)37-4/h7-14,16-17H,5-6,15,18H2,1-4H3,(H,29,31). The van der Waals surface area contributed by atoms with Crippen LogP contribution in [-0.2, 0) is 21.2 Å². The van der Waals surface area contributed by atoms with Crippen LogP contribution < -0.4 is 28.6 Å². The molecular formula is C27H31ClN2O7S. The maximum atomic E-state index is 13.8. The average Bonchev–Trinajstić information content (AvgIpc) is 2.93. The van der Waals surface area contributed by atoms with Crippen LogP contribution in [0.3, 0.4) is 0 Å². The fourth-order valence-electron chi connectivity index (χ4n) is 3.76. The van der Waals surface area contributed by atoms with Gasteiger partial charge >= 0.3 is 0 Å². The lowest BCUT2D eigenvalue weighted by molar-refractivity contribution is -0.119. The average molecular weight is 563 g/mol. The van der Waals surface area contributed by atoms with Gasteiger partial charge in [0, 0.05) is 17.6 Å². The first kappa shape index (κ1) is 28.9. The molecule has 0 bridgehead atoms. The summed E-state index contributed by atoms with van der Waals surface area (Å²) in [6.07, 6.45) is 1.40. The Balaban J connectivity index is 1.82. The van der Waals surface area contributed by atoms with E-state index in [-0.39, 0.29) is 27.1 Å². The highest BCUT2D eigenvalue weighted by Crippen LogP contribution is 2.37. The van der Waals surface area contributed by atoms with Crippen molar-refractivity contribution >= 4 is 33.2 Å². The first-order valence-corrected chi connectivity index (χ1v) is 13.5. The van der Waals surface area contributed by atoms with Crippen LogP contribution in [0, 0.1) is 0 Å². The number of halogens is 1. The normalized spacial score (nSPS) is 11.0. The first-order chi connectivity index (χ1) is 18.2. The number of amides is 1. The number of hydrogen-bond acceptors (Lipinski definition) is 7. The number of methoxy groups -OCH3 is 4. The van der Waals surface area contributed by atoms with Crippen molar-refractivity contribution < 1.29 is 32.2 Å². The molecule has 0 heterocycles. The van der Waals surface area contributed by atoms with Gasteiger partial charge in [-0.15, -0.1) is 0 Å². The molecule has 0 aliphatic carbocycles. The fraction of sp³-hybridized carbons (Fsp3) is 0.296. The minimum atomic E-state index is -4.25. The molecule has 9 nitrogen and oxygen atoms in total. The molecule has 0 saturated heterocycles. The van der Waals surface area contributed by atoms with Crippen LogP contribution in [0.2, 0.25) is 5.02 Å². The van der Waals surface area contributed by atoms with Crippen LogP contribution in [0.1, 0.15) is 12.0 Å². The van der Waals surface area contributed by atoms with Crippen molar-refractivity contribution in [3.8, 4) is 23.0 Å². The summed E-state index contributed by atoms with van der Waals surface area (Å²) in [5.74, 6) is 1.13. The largest absolute Gasteiger partial charge is 0.497 e. The molecule has 0 atom stereocenters. The van der Waals surface area contributed by atoms with Gasteiger partial charge in [-0.25, -0.2) is 8.42 Å². The lowest BCUT2D eigenvalue weighted by atomic mass is 10.1. The molecule has 3 aromatic rings. The number of carbonyl (C=O) groups excluding carboxylic acids is 1. The number of rotatable bonds is 13. The predicted molar refractivity (Wildman–Crippen MR) is 146 cm³/mol. The number of sulfonamides is 1. The molecule has 0 radical (unpaired) electrons. The highest BCUT2D eigenvalue weighted by Gasteiger charge is 2.30. The molecule has 3 rings (SSSR count). The summed E-state index contributed by atoms with van der Waals surface area (Å²) in [6, 6.07) is 16.4. The van der Waals surface area contributed by atoms with Gasteiger partial charge in [-0.2, -0.15) is 0 Å². The van der Waals surface area contributed by atoms with Gasteiger partial charge in [0.05, 0.1) is 39.0 Å². The van der Waals surface area contributed by atoms with Crippen LogP contribution in [0.5, 0.6) is 23.0 Å². The van der Waals surface area contributed by atoms with Crippen molar-refractivity contribution in [2.75, 3.05) is 45.8 Å². The van der Waals surface area contributed by atoms with E-state index in [4.69, 9.17) is 30.5 Å². The number of nitrogens with one attached hydrogen (secondary N) is 1. The SMILES string of the molecule is COc1ccc(CCCNC(=O)CN(c2cc(Cl)ccc2OC)S(=O)(=O)c2ccc(OC)c(OC)c2)cc1. The van der Waals surface area contributed by atoms with E-state index in [1.54, 1.807) is 19.2 Å². The van der Waals surface area contributed by atoms with E-state index in [0.717, 1.165) is 22.0 Å². The molecule has 1 amide bonds. The zero-order valence-corrected chi connectivity index (χ0v) is 23.3. The monoisotopic (exact) mass is 562 g/mol. The van der Waals surface area contributed by atoms with E-state index >= 15 is 0 Å². The van der Waals surface area contributed by atoms with Crippen molar-refractivity contribution in [2.45, 2.75) is 17.7 Å². The molecule has 1 N–H and O–H groups in total. The molecule has 204 valence electrons. The maximum absolute atomic E-state index is 13.8. The van der Waals surface area contributed by atoms with Crippen molar-refractivity contribution in [1.82, 2.24) is 5.32 Å². The molecule has 11 heteroatoms. The minimum Gasteiger partial charge on any atom is -0.497 e. The Hall–Kier alpha value is -3.63. The Morgan fingerprint density at radius 2 is 1.50 bits per heavy atom. The van der Waals surface area contributed by atoms with Crippen LogP contribution in [0.4, 0.5) is 5.69 Å². The van der Waals surface area contributed by atoms with Crippen molar-refractivity contribution in [2.24, 2.45) is 0 Å². The van der Waals surface area contributed by atoms with E-state index in [2.05, 4.69) is 5.32 Å². The number of carbonyl (C=O) groups is 1. The van der Waals surface area contributed by atoms with Crippen molar-refractivity contribution in [1.29, 1.82) is 0 Å². The summed E-state index contributed by atoms with van der Waals surface area (Å²) in [4.78, 5) is 12.9. The first-order valence-electron chi connectivity index (χ1n) is 11.7. The van der Waals surface area contributed by atoms with Gasteiger partial charge in [-0.3, -0.25) is 9.10 Å². The highest BCUT2D eigenvalue weighted by molar-refractivity contribution is 7.92. The van der Waals surface area contributed by atoms with E-state index in [0.29, 0.717) is 18.7 Å². The molecule has 0 aliphatic heterocycles. The third-order valence-corrected chi connectivity index (χ3v) is 7.75. The predicted octanol–water partition coefficient (Wildman–Crippen LogP) is 4.32. The van der Waals surface area contributed by atoms with Gasteiger partial charge in [0.25, 0.3) is 10.0 Å². The second kappa shape index (κ2) is 13.3. The second-order valence-electron chi connectivity index (χ2n) is 8.15. The van der Waals surface area contributed by atoms with Crippen LogP contribution in [0.25, 0.3) is 0 Å². The van der Waals surface area contributed by atoms with Gasteiger partial charge in [-0.1, -0.05) is 23.7 Å². The third kappa shape index (κ3) is 7.02. The number of anilines is 1. The maximum Gasteiger partial charge on any atom is 0.265 e. The number of ether oxygens (including phenoxy) is 4. The highest BCUT2D eigenvalue weighted by atomic mass is 35.5. The Bertz CT molecular complexity index is 1350. The van der Waals surface area contributed by atoms with Crippen LogP contribution >= 0.6 is 11.6 Å². The minimum absolute atomic E-state index is 0.0931. The summed E-state index contributed by atoms with van der Waals surface area (Å²) in [5, 5.41) is 3.09. The van der Waals surface area contributed by atoms with E-state index in [1.807, 2.05) is 24.3 Å². The molecule has 38 heavy (non-hydrogen) atoms. The Labute approximate surface area is 228 Å². The van der Waals surface area contributed by atoms with E-state index < -0.39 is 22.5 Å². The van der Waals surface area contributed by atoms with E-state index in [1.165, 1.54) is 45.6 Å². The molecule has 0 aromatic heterocycles. The lowest BCUT2D eigenvalue weighted by Gasteiger charge is -2.26. The topological polar surface area (TPSA) is 103 Å². The number of hydrogen-bond donors (Lipinski definition) is 1. The van der Waals surface area contributed by atoms with Crippen LogP contribution in [0.15, 0.2) is 65.6 Å². The molecule has 0 unspecified atom stereocenters. The number of nitrogens with zero attached hydrogens (tertiary/aromatic N) is 1. The Kier molecular flexibility index (Phi) is 10.1. The van der Waals surface area contributed by atoms with Gasteiger partial charge in [-0.05, 0) is 60.9 Å². The number of benzene rings is 3. The quantitative estimate of drug-likeness (QED) is 0.309. The zero-order chi connectivity index (χ0) is 27.7. The molecule has 0 spiro atoms. The number of aryl methyl sites for hydroxylation is 1. The molecule has 0 aliphatic rings. The van der Waals surface area contributed by atoms with Gasteiger partial charge < -0.3 is 24.3 Å². The van der Waals surface area contributed by atoms with Gasteiger partial charge in [0.2, 0.25) is 5.91 Å². The second-order valence-corrected chi connectivity index (χ2v) is 10.4. The molecule has 0 fully saturated rings. The zero-order valence-electron chi connectivity index (χ0n) is 21.7. The third-order valence-electron chi connectivity index (χ3n) is 5.76.